The smallest absolute Gasteiger partial charge is 0.00217 e. The van der Waals surface area contributed by atoms with Gasteiger partial charge >= 0.3 is 0 Å². The van der Waals surface area contributed by atoms with Gasteiger partial charge in [0.1, 0.15) is 0 Å². The maximum absolute atomic E-state index is 2.38. The third kappa shape index (κ3) is 3.39. The molecule has 0 radical (unpaired) electrons. The van der Waals surface area contributed by atoms with Crippen LogP contribution in [0.3, 0.4) is 0 Å². The van der Waals surface area contributed by atoms with Crippen LogP contribution in [-0.2, 0) is 10.8 Å². The van der Waals surface area contributed by atoms with Crippen molar-refractivity contribution < 1.29 is 0 Å². The maximum atomic E-state index is 2.38. The van der Waals surface area contributed by atoms with Gasteiger partial charge in [-0.1, -0.05) is 119 Å². The predicted octanol–water partition coefficient (Wildman–Crippen LogP) is 6.73. The highest BCUT2D eigenvalue weighted by Gasteiger charge is 2.43. The average Bonchev–Trinajstić information content (AvgIpc) is 2.64. The van der Waals surface area contributed by atoms with Crippen LogP contribution in [0.1, 0.15) is 50.3 Å². The molecule has 0 nitrogen and oxygen atoms in total. The lowest BCUT2D eigenvalue weighted by atomic mass is 9.57. The van der Waals surface area contributed by atoms with E-state index in [4.69, 9.17) is 0 Å². The maximum Gasteiger partial charge on any atom is 0.00217 e. The van der Waals surface area contributed by atoms with Crippen molar-refractivity contribution in [2.75, 3.05) is 0 Å². The summed E-state index contributed by atoms with van der Waals surface area (Å²) in [7, 11) is 0. The zero-order chi connectivity index (χ0) is 17.9. The lowest BCUT2D eigenvalue weighted by molar-refractivity contribution is 0.283. The van der Waals surface area contributed by atoms with Crippen LogP contribution in [0.25, 0.3) is 0 Å². The molecular weight excluding hydrogens is 300 g/mol. The van der Waals surface area contributed by atoms with E-state index in [2.05, 4.69) is 119 Å². The van der Waals surface area contributed by atoms with Crippen LogP contribution in [0.2, 0.25) is 0 Å². The molecule has 0 unspecified atom stereocenters. The van der Waals surface area contributed by atoms with Crippen molar-refractivity contribution in [3.05, 3.63) is 108 Å². The molecule has 0 spiro atoms. The van der Waals surface area contributed by atoms with Gasteiger partial charge in [0.15, 0.2) is 0 Å². The normalized spacial score (nSPS) is 12.4. The molecule has 0 heterocycles. The highest BCUT2D eigenvalue weighted by Crippen LogP contribution is 2.50. The molecule has 0 N–H and O–H groups in total. The summed E-state index contributed by atoms with van der Waals surface area (Å²) >= 11 is 0. The molecule has 0 aliphatic heterocycles. The standard InChI is InChI=1S/C25H28/c1-24(2,21-16-10-6-11-17-21)23(20-14-8-5-9-15-20)25(3,4)22-18-12-7-13-19-22/h5-19,23H,1-4H3. The first-order valence-corrected chi connectivity index (χ1v) is 9.10. The van der Waals surface area contributed by atoms with Crippen LogP contribution in [0, 0.1) is 0 Å². The van der Waals surface area contributed by atoms with Gasteiger partial charge in [-0.3, -0.25) is 0 Å². The number of hydrogen-bond acceptors (Lipinski definition) is 0. The molecule has 0 aliphatic carbocycles. The molecule has 0 amide bonds. The van der Waals surface area contributed by atoms with E-state index < -0.39 is 0 Å². The summed E-state index contributed by atoms with van der Waals surface area (Å²) in [6.07, 6.45) is 0. The summed E-state index contributed by atoms with van der Waals surface area (Å²) in [5, 5.41) is 0. The largest absolute Gasteiger partial charge is 0.0622 e. The van der Waals surface area contributed by atoms with Gasteiger partial charge in [-0.05, 0) is 27.5 Å². The van der Waals surface area contributed by atoms with Gasteiger partial charge in [-0.25, -0.2) is 0 Å². The summed E-state index contributed by atoms with van der Waals surface area (Å²) in [5.74, 6) is 0.353. The first-order valence-electron chi connectivity index (χ1n) is 9.10. The minimum absolute atomic E-state index is 0.00194. The van der Waals surface area contributed by atoms with Crippen molar-refractivity contribution in [2.24, 2.45) is 0 Å². The first kappa shape index (κ1) is 17.5. The lowest BCUT2D eigenvalue weighted by Crippen LogP contribution is -2.40. The van der Waals surface area contributed by atoms with E-state index in [9.17, 15) is 0 Å². The number of benzene rings is 3. The highest BCUT2D eigenvalue weighted by atomic mass is 14.5. The Balaban J connectivity index is 2.18. The van der Waals surface area contributed by atoms with Crippen LogP contribution < -0.4 is 0 Å². The Hall–Kier alpha value is -2.34. The number of hydrogen-bond donors (Lipinski definition) is 0. The van der Waals surface area contributed by atoms with Crippen molar-refractivity contribution >= 4 is 0 Å². The predicted molar refractivity (Wildman–Crippen MR) is 108 cm³/mol. The van der Waals surface area contributed by atoms with E-state index in [-0.39, 0.29) is 10.8 Å². The average molecular weight is 328 g/mol. The first-order chi connectivity index (χ1) is 11.9. The molecule has 128 valence electrons. The van der Waals surface area contributed by atoms with Crippen molar-refractivity contribution in [3.63, 3.8) is 0 Å². The number of rotatable bonds is 5. The minimum Gasteiger partial charge on any atom is -0.0622 e. The van der Waals surface area contributed by atoms with Crippen molar-refractivity contribution in [1.82, 2.24) is 0 Å². The Morgan fingerprint density at radius 3 is 1.16 bits per heavy atom. The second-order valence-corrected chi connectivity index (χ2v) is 8.02. The van der Waals surface area contributed by atoms with Gasteiger partial charge in [-0.15, -0.1) is 0 Å². The van der Waals surface area contributed by atoms with Crippen molar-refractivity contribution in [1.29, 1.82) is 0 Å². The van der Waals surface area contributed by atoms with Gasteiger partial charge in [-0.2, -0.15) is 0 Å². The fourth-order valence-corrected chi connectivity index (χ4v) is 4.45. The molecule has 3 aromatic rings. The zero-order valence-electron chi connectivity index (χ0n) is 15.7. The molecule has 3 rings (SSSR count). The van der Waals surface area contributed by atoms with Gasteiger partial charge in [0.25, 0.3) is 0 Å². The Kier molecular flexibility index (Phi) is 4.81. The fourth-order valence-electron chi connectivity index (χ4n) is 4.45. The highest BCUT2D eigenvalue weighted by molar-refractivity contribution is 5.39. The van der Waals surface area contributed by atoms with Gasteiger partial charge in [0, 0.05) is 5.92 Å². The molecule has 0 aliphatic rings. The van der Waals surface area contributed by atoms with E-state index in [0.29, 0.717) is 5.92 Å². The summed E-state index contributed by atoms with van der Waals surface area (Å²) in [6, 6.07) is 32.8. The zero-order valence-corrected chi connectivity index (χ0v) is 15.7. The van der Waals surface area contributed by atoms with Crippen LogP contribution in [0.5, 0.6) is 0 Å². The third-order valence-corrected chi connectivity index (χ3v) is 5.61. The molecule has 0 heteroatoms. The van der Waals surface area contributed by atoms with Crippen molar-refractivity contribution in [3.8, 4) is 0 Å². The van der Waals surface area contributed by atoms with Crippen molar-refractivity contribution in [2.45, 2.75) is 44.4 Å². The molecule has 0 fully saturated rings. The second kappa shape index (κ2) is 6.88. The molecule has 0 saturated heterocycles. The van der Waals surface area contributed by atoms with E-state index in [1.165, 1.54) is 16.7 Å². The minimum atomic E-state index is 0.00194. The summed E-state index contributed by atoms with van der Waals surface area (Å²) in [6.45, 7) is 9.52. The lowest BCUT2D eigenvalue weighted by Gasteiger charge is -2.46. The SMILES string of the molecule is CC(C)(c1ccccc1)C(c1ccccc1)C(C)(C)c1ccccc1. The molecular formula is C25H28. The molecule has 0 bridgehead atoms. The Labute approximate surface area is 152 Å². The molecule has 3 aromatic carbocycles. The molecule has 25 heavy (non-hydrogen) atoms. The topological polar surface area (TPSA) is 0 Å². The quantitative estimate of drug-likeness (QED) is 0.487. The van der Waals surface area contributed by atoms with Crippen LogP contribution in [0.4, 0.5) is 0 Å². The van der Waals surface area contributed by atoms with E-state index in [1.807, 2.05) is 0 Å². The Morgan fingerprint density at radius 1 is 0.480 bits per heavy atom. The molecule has 0 saturated carbocycles. The second-order valence-electron chi connectivity index (χ2n) is 8.02. The third-order valence-electron chi connectivity index (χ3n) is 5.61. The van der Waals surface area contributed by atoms with Gasteiger partial charge in [0.05, 0.1) is 0 Å². The van der Waals surface area contributed by atoms with Crippen LogP contribution in [-0.4, -0.2) is 0 Å². The van der Waals surface area contributed by atoms with Gasteiger partial charge < -0.3 is 0 Å². The summed E-state index contributed by atoms with van der Waals surface area (Å²) in [4.78, 5) is 0. The summed E-state index contributed by atoms with van der Waals surface area (Å²) in [5.41, 5.74) is 4.16. The van der Waals surface area contributed by atoms with E-state index in [0.717, 1.165) is 0 Å². The summed E-state index contributed by atoms with van der Waals surface area (Å²) < 4.78 is 0. The molecule has 0 aromatic heterocycles. The van der Waals surface area contributed by atoms with E-state index >= 15 is 0 Å². The Morgan fingerprint density at radius 2 is 0.800 bits per heavy atom. The molecule has 0 atom stereocenters. The fraction of sp³-hybridized carbons (Fsp3) is 0.280. The monoisotopic (exact) mass is 328 g/mol. The van der Waals surface area contributed by atoms with Crippen LogP contribution >= 0.6 is 0 Å². The Bertz CT molecular complexity index is 732. The van der Waals surface area contributed by atoms with Crippen LogP contribution in [0.15, 0.2) is 91.0 Å². The van der Waals surface area contributed by atoms with E-state index in [1.54, 1.807) is 0 Å². The van der Waals surface area contributed by atoms with Gasteiger partial charge in [0.2, 0.25) is 0 Å².